The van der Waals surface area contributed by atoms with Gasteiger partial charge in [0.05, 0.1) is 10.6 Å². The van der Waals surface area contributed by atoms with Crippen molar-refractivity contribution in [2.24, 2.45) is 0 Å². The van der Waals surface area contributed by atoms with Gasteiger partial charge in [-0.3, -0.25) is 14.5 Å². The number of carbonyl (C=O) groups is 2. The Balaban J connectivity index is 1.84. The van der Waals surface area contributed by atoms with Crippen LogP contribution in [0.15, 0.2) is 45.7 Å². The van der Waals surface area contributed by atoms with E-state index in [1.165, 1.54) is 23.6 Å². The topological polar surface area (TPSA) is 62.6 Å². The van der Waals surface area contributed by atoms with E-state index in [1.807, 2.05) is 19.1 Å². The molecule has 0 atom stereocenters. The number of nitrogens with zero attached hydrogens (tertiary/aromatic N) is 1. The van der Waals surface area contributed by atoms with Gasteiger partial charge in [-0.25, -0.2) is 0 Å². The van der Waals surface area contributed by atoms with Gasteiger partial charge in [-0.05, 0) is 43.3 Å². The number of hydrogen-bond acceptors (Lipinski definition) is 5. The van der Waals surface area contributed by atoms with Crippen LogP contribution < -0.4 is 10.2 Å². The molecule has 2 aromatic rings. The Morgan fingerprint density at radius 2 is 1.96 bits per heavy atom. The van der Waals surface area contributed by atoms with Crippen LogP contribution in [-0.4, -0.2) is 16.1 Å². The number of anilines is 2. The van der Waals surface area contributed by atoms with Crippen molar-refractivity contribution in [3.8, 4) is 0 Å². The van der Waals surface area contributed by atoms with E-state index in [0.29, 0.717) is 26.4 Å². The first-order valence-electron chi connectivity index (χ1n) is 7.16. The lowest BCUT2D eigenvalue weighted by molar-refractivity contribution is -0.114. The fraction of sp³-hybridized carbons (Fsp3) is 0.118. The molecule has 1 N–H and O–H groups in total. The van der Waals surface area contributed by atoms with Crippen LogP contribution in [0.2, 0.25) is 0 Å². The molecule has 0 spiro atoms. The third-order valence-electron chi connectivity index (χ3n) is 3.27. The Morgan fingerprint density at radius 1 is 1.25 bits per heavy atom. The second kappa shape index (κ2) is 6.62. The number of aryl methyl sites for hydroxylation is 1. The van der Waals surface area contributed by atoms with Crippen LogP contribution in [0.5, 0.6) is 0 Å². The van der Waals surface area contributed by atoms with E-state index >= 15 is 0 Å². The average Bonchev–Trinajstić information content (AvgIpc) is 3.04. The first-order chi connectivity index (χ1) is 11.4. The number of nitrogens with one attached hydrogen (secondary N) is 1. The molecular weight excluding hydrogens is 344 g/mol. The third-order valence-corrected chi connectivity index (χ3v) is 4.58. The Hall–Kier alpha value is -2.38. The monoisotopic (exact) mass is 358 g/mol. The molecule has 5 nitrogen and oxygen atoms in total. The molecule has 1 fully saturated rings. The first kappa shape index (κ1) is 16.5. The molecule has 7 heteroatoms. The van der Waals surface area contributed by atoms with E-state index in [0.717, 1.165) is 5.76 Å². The summed E-state index contributed by atoms with van der Waals surface area (Å²) in [7, 11) is 0. The van der Waals surface area contributed by atoms with E-state index in [2.05, 4.69) is 5.32 Å². The molecule has 1 aliphatic rings. The van der Waals surface area contributed by atoms with Crippen molar-refractivity contribution in [1.29, 1.82) is 0 Å². The molecule has 0 saturated carbocycles. The van der Waals surface area contributed by atoms with E-state index in [-0.39, 0.29) is 11.8 Å². The second-order valence-electron chi connectivity index (χ2n) is 5.19. The summed E-state index contributed by atoms with van der Waals surface area (Å²) >= 11 is 6.56. The summed E-state index contributed by atoms with van der Waals surface area (Å²) in [5, 5.41) is 2.68. The number of thioether (sulfide) groups is 1. The van der Waals surface area contributed by atoms with E-state index < -0.39 is 0 Å². The Bertz CT molecular complexity index is 853. The van der Waals surface area contributed by atoms with Crippen molar-refractivity contribution in [1.82, 2.24) is 0 Å². The van der Waals surface area contributed by atoms with Crippen molar-refractivity contribution < 1.29 is 14.0 Å². The highest BCUT2D eigenvalue weighted by atomic mass is 32.2. The smallest absolute Gasteiger partial charge is 0.270 e. The van der Waals surface area contributed by atoms with Crippen molar-refractivity contribution >= 4 is 57.6 Å². The molecule has 24 heavy (non-hydrogen) atoms. The zero-order valence-electron chi connectivity index (χ0n) is 13.0. The lowest BCUT2D eigenvalue weighted by Gasteiger charge is -2.15. The van der Waals surface area contributed by atoms with E-state index in [4.69, 9.17) is 16.6 Å². The quantitative estimate of drug-likeness (QED) is 0.665. The number of thiocarbonyl (C=S) groups is 1. The molecule has 1 saturated heterocycles. The number of furan rings is 1. The van der Waals surface area contributed by atoms with E-state index in [9.17, 15) is 9.59 Å². The van der Waals surface area contributed by atoms with Gasteiger partial charge in [0.2, 0.25) is 5.91 Å². The normalized spacial score (nSPS) is 16.1. The van der Waals surface area contributed by atoms with Gasteiger partial charge in [0.15, 0.2) is 4.32 Å². The van der Waals surface area contributed by atoms with Crippen LogP contribution >= 0.6 is 24.0 Å². The lowest BCUT2D eigenvalue weighted by Crippen LogP contribution is -2.27. The molecule has 0 aliphatic carbocycles. The molecule has 2 heterocycles. The van der Waals surface area contributed by atoms with Gasteiger partial charge >= 0.3 is 0 Å². The van der Waals surface area contributed by atoms with Crippen LogP contribution in [0.4, 0.5) is 11.4 Å². The predicted molar refractivity (Wildman–Crippen MR) is 99.8 cm³/mol. The van der Waals surface area contributed by atoms with Crippen LogP contribution in [-0.2, 0) is 9.59 Å². The Labute approximate surface area is 148 Å². The van der Waals surface area contributed by atoms with Crippen LogP contribution in [0, 0.1) is 6.92 Å². The minimum absolute atomic E-state index is 0.148. The van der Waals surface area contributed by atoms with Crippen molar-refractivity contribution in [3.63, 3.8) is 0 Å². The highest BCUT2D eigenvalue weighted by Gasteiger charge is 2.33. The standard InChI is InChI=1S/C17H14N2O3S2/c1-10-3-8-14(22-10)9-15-16(21)19(17(23)24-15)13-6-4-12(5-7-13)18-11(2)20/h3-9H,1-2H3,(H,18,20). The molecule has 0 bridgehead atoms. The largest absolute Gasteiger partial charge is 0.462 e. The fourth-order valence-corrected chi connectivity index (χ4v) is 3.53. The van der Waals surface area contributed by atoms with Crippen molar-refractivity contribution in [2.75, 3.05) is 10.2 Å². The summed E-state index contributed by atoms with van der Waals surface area (Å²) in [6, 6.07) is 10.6. The average molecular weight is 358 g/mol. The van der Waals surface area contributed by atoms with Gasteiger partial charge in [-0.1, -0.05) is 24.0 Å². The summed E-state index contributed by atoms with van der Waals surface area (Å²) in [5.41, 5.74) is 1.32. The maximum atomic E-state index is 12.6. The Kier molecular flexibility index (Phi) is 4.55. The second-order valence-corrected chi connectivity index (χ2v) is 6.87. The summed E-state index contributed by atoms with van der Waals surface area (Å²) in [5.74, 6) is 1.07. The number of amides is 2. The predicted octanol–water partition coefficient (Wildman–Crippen LogP) is 3.95. The van der Waals surface area contributed by atoms with Gasteiger partial charge in [0.25, 0.3) is 5.91 Å². The van der Waals surface area contributed by atoms with Gasteiger partial charge in [0, 0.05) is 18.7 Å². The molecular formula is C17H14N2O3S2. The van der Waals surface area contributed by atoms with Crippen molar-refractivity contribution in [2.45, 2.75) is 13.8 Å². The van der Waals surface area contributed by atoms with Crippen LogP contribution in [0.25, 0.3) is 6.08 Å². The SMILES string of the molecule is CC(=O)Nc1ccc(N2C(=O)C(=Cc3ccc(C)o3)SC2=S)cc1. The third kappa shape index (κ3) is 3.42. The molecule has 1 aromatic carbocycles. The zero-order valence-corrected chi connectivity index (χ0v) is 14.7. The summed E-state index contributed by atoms with van der Waals surface area (Å²) < 4.78 is 5.94. The molecule has 1 aromatic heterocycles. The molecule has 2 amide bonds. The van der Waals surface area contributed by atoms with E-state index in [1.54, 1.807) is 30.3 Å². The molecule has 1 aliphatic heterocycles. The van der Waals surface area contributed by atoms with Gasteiger partial charge in [-0.15, -0.1) is 0 Å². The number of rotatable bonds is 3. The molecule has 0 unspecified atom stereocenters. The molecule has 3 rings (SSSR count). The Morgan fingerprint density at radius 3 is 2.54 bits per heavy atom. The number of benzene rings is 1. The summed E-state index contributed by atoms with van der Waals surface area (Å²) in [4.78, 5) is 25.7. The fourth-order valence-electron chi connectivity index (χ4n) is 2.25. The van der Waals surface area contributed by atoms with Gasteiger partial charge in [0.1, 0.15) is 11.5 Å². The van der Waals surface area contributed by atoms with Gasteiger partial charge < -0.3 is 9.73 Å². The van der Waals surface area contributed by atoms with Crippen LogP contribution in [0.1, 0.15) is 18.4 Å². The van der Waals surface area contributed by atoms with Crippen LogP contribution in [0.3, 0.4) is 0 Å². The zero-order chi connectivity index (χ0) is 17.3. The van der Waals surface area contributed by atoms with Crippen molar-refractivity contribution in [3.05, 3.63) is 52.8 Å². The summed E-state index contributed by atoms with van der Waals surface area (Å²) in [6.45, 7) is 3.29. The highest BCUT2D eigenvalue weighted by Crippen LogP contribution is 2.36. The minimum atomic E-state index is -0.189. The van der Waals surface area contributed by atoms with Gasteiger partial charge in [-0.2, -0.15) is 0 Å². The number of hydrogen-bond donors (Lipinski definition) is 1. The maximum Gasteiger partial charge on any atom is 0.270 e. The maximum absolute atomic E-state index is 12.6. The first-order valence-corrected chi connectivity index (χ1v) is 8.38. The number of carbonyl (C=O) groups excluding carboxylic acids is 2. The summed E-state index contributed by atoms with van der Waals surface area (Å²) in [6.07, 6.45) is 1.69. The lowest BCUT2D eigenvalue weighted by atomic mass is 10.2. The minimum Gasteiger partial charge on any atom is -0.462 e. The molecule has 122 valence electrons. The molecule has 0 radical (unpaired) electrons. The highest BCUT2D eigenvalue weighted by molar-refractivity contribution is 8.27.